The zero-order valence-electron chi connectivity index (χ0n) is 12.5. The van der Waals surface area contributed by atoms with Gasteiger partial charge in [0.25, 0.3) is 5.19 Å². The third-order valence-corrected chi connectivity index (χ3v) is 5.30. The average molecular weight is 389 g/mol. The summed E-state index contributed by atoms with van der Waals surface area (Å²) in [6, 6.07) is 13.0. The van der Waals surface area contributed by atoms with Gasteiger partial charge in [-0.2, -0.15) is 4.98 Å². The van der Waals surface area contributed by atoms with Crippen LogP contribution in [0, 0.1) is 0 Å². The van der Waals surface area contributed by atoms with Crippen molar-refractivity contribution in [3.8, 4) is 10.9 Å². The van der Waals surface area contributed by atoms with E-state index in [2.05, 4.69) is 9.98 Å². The number of aromatic nitrogens is 1. The maximum absolute atomic E-state index is 12.0. The van der Waals surface area contributed by atoms with Gasteiger partial charge in [0.15, 0.2) is 10.9 Å². The molecule has 0 saturated carbocycles. The zero-order chi connectivity index (χ0) is 17.2. The molecule has 0 saturated heterocycles. The Morgan fingerprint density at radius 1 is 1.16 bits per heavy atom. The lowest BCUT2D eigenvalue weighted by atomic mass is 10.3. The van der Waals surface area contributed by atoms with Crippen molar-refractivity contribution in [1.29, 1.82) is 0 Å². The molecule has 1 aromatic carbocycles. The molecule has 0 radical (unpaired) electrons. The number of aliphatic imine (C=N–C) groups is 1. The zero-order valence-corrected chi connectivity index (χ0v) is 14.9. The highest BCUT2D eigenvalue weighted by atomic mass is 35.5. The molecule has 0 aliphatic carbocycles. The molecule has 0 spiro atoms. The van der Waals surface area contributed by atoms with Gasteiger partial charge in [0.1, 0.15) is 5.75 Å². The molecule has 2 aromatic heterocycles. The van der Waals surface area contributed by atoms with Crippen LogP contribution in [0.5, 0.6) is 10.9 Å². The normalized spacial score (nSPS) is 15.3. The van der Waals surface area contributed by atoms with Crippen molar-refractivity contribution in [2.24, 2.45) is 4.99 Å². The Labute approximate surface area is 155 Å². The molecule has 0 bridgehead atoms. The molecule has 4 rings (SSSR count). The highest BCUT2D eigenvalue weighted by molar-refractivity contribution is 7.15. The molecule has 0 amide bonds. The van der Waals surface area contributed by atoms with Crippen LogP contribution in [0.15, 0.2) is 58.5 Å². The predicted octanol–water partition coefficient (Wildman–Crippen LogP) is 4.99. The number of thiazole rings is 1. The van der Waals surface area contributed by atoms with Gasteiger partial charge in [-0.3, -0.25) is 0 Å². The summed E-state index contributed by atoms with van der Waals surface area (Å²) in [5.41, 5.74) is 0.181. The van der Waals surface area contributed by atoms with Crippen LogP contribution in [-0.2, 0) is 9.53 Å². The van der Waals surface area contributed by atoms with Gasteiger partial charge in [-0.25, -0.2) is 9.79 Å². The number of benzene rings is 1. The van der Waals surface area contributed by atoms with Crippen LogP contribution in [0.1, 0.15) is 9.75 Å². The van der Waals surface area contributed by atoms with E-state index < -0.39 is 5.97 Å². The number of carbonyl (C=O) groups excluding carboxylic acids is 1. The highest BCUT2D eigenvalue weighted by Crippen LogP contribution is 2.34. The Bertz CT molecular complexity index is 979. The minimum Gasteiger partial charge on any atom is -0.431 e. The summed E-state index contributed by atoms with van der Waals surface area (Å²) < 4.78 is 10.9. The fourth-order valence-electron chi connectivity index (χ4n) is 2.06. The average Bonchev–Trinajstić information content (AvgIpc) is 3.31. The fourth-order valence-corrected chi connectivity index (χ4v) is 3.76. The number of carbonyl (C=O) groups is 1. The van der Waals surface area contributed by atoms with Gasteiger partial charge in [-0.05, 0) is 29.7 Å². The first-order valence-corrected chi connectivity index (χ1v) is 9.22. The summed E-state index contributed by atoms with van der Waals surface area (Å²) in [5, 5.41) is 2.52. The standard InChI is InChI=1S/C17H9ClN2O3S2/c18-14-13(25-17(20-14)22-10-5-2-1-3-6-10)9-11-16(21)23-15(19-11)12-7-4-8-24-12/h1-9H/b11-9-. The number of esters is 1. The van der Waals surface area contributed by atoms with E-state index >= 15 is 0 Å². The van der Waals surface area contributed by atoms with E-state index in [1.54, 1.807) is 6.08 Å². The third-order valence-electron chi connectivity index (χ3n) is 3.16. The molecule has 1 aliphatic heterocycles. The molecule has 0 fully saturated rings. The van der Waals surface area contributed by atoms with Crippen LogP contribution in [-0.4, -0.2) is 16.9 Å². The molecule has 0 N–H and O–H groups in total. The molecule has 0 atom stereocenters. The minimum atomic E-state index is -0.515. The summed E-state index contributed by atoms with van der Waals surface area (Å²) in [6.07, 6.45) is 1.56. The lowest BCUT2D eigenvalue weighted by Gasteiger charge is -1.98. The van der Waals surface area contributed by atoms with Gasteiger partial charge in [0, 0.05) is 0 Å². The van der Waals surface area contributed by atoms with E-state index in [4.69, 9.17) is 21.1 Å². The van der Waals surface area contributed by atoms with E-state index in [0.717, 1.165) is 4.88 Å². The minimum absolute atomic E-state index is 0.181. The topological polar surface area (TPSA) is 60.8 Å². The lowest BCUT2D eigenvalue weighted by molar-refractivity contribution is -0.129. The second-order valence-electron chi connectivity index (χ2n) is 4.86. The Hall–Kier alpha value is -2.48. The van der Waals surface area contributed by atoms with E-state index in [9.17, 15) is 4.79 Å². The number of ether oxygens (including phenoxy) is 2. The van der Waals surface area contributed by atoms with Gasteiger partial charge in [0.05, 0.1) is 9.75 Å². The number of cyclic esters (lactones) is 1. The van der Waals surface area contributed by atoms with E-state index in [0.29, 0.717) is 21.7 Å². The number of nitrogens with zero attached hydrogens (tertiary/aromatic N) is 2. The summed E-state index contributed by atoms with van der Waals surface area (Å²) in [7, 11) is 0. The maximum Gasteiger partial charge on any atom is 0.363 e. The van der Waals surface area contributed by atoms with Crippen LogP contribution >= 0.6 is 34.3 Å². The molecule has 0 unspecified atom stereocenters. The van der Waals surface area contributed by atoms with Crippen molar-refractivity contribution in [2.75, 3.05) is 0 Å². The molecule has 3 heterocycles. The van der Waals surface area contributed by atoms with E-state index in [1.807, 2.05) is 47.8 Å². The van der Waals surface area contributed by atoms with Crippen molar-refractivity contribution in [2.45, 2.75) is 0 Å². The number of thiophene rings is 1. The van der Waals surface area contributed by atoms with Crippen molar-refractivity contribution < 1.29 is 14.3 Å². The SMILES string of the molecule is O=C1OC(c2cccs2)=N/C1=C\c1sc(Oc2ccccc2)nc1Cl. The largest absolute Gasteiger partial charge is 0.431 e. The summed E-state index contributed by atoms with van der Waals surface area (Å²) in [4.78, 5) is 21.8. The van der Waals surface area contributed by atoms with Crippen molar-refractivity contribution in [3.63, 3.8) is 0 Å². The number of para-hydroxylation sites is 1. The van der Waals surface area contributed by atoms with Gasteiger partial charge in [-0.15, -0.1) is 11.3 Å². The molecule has 3 aromatic rings. The molecule has 1 aliphatic rings. The van der Waals surface area contributed by atoms with Gasteiger partial charge in [0.2, 0.25) is 5.90 Å². The van der Waals surface area contributed by atoms with Gasteiger partial charge >= 0.3 is 5.97 Å². The smallest absolute Gasteiger partial charge is 0.363 e. The summed E-state index contributed by atoms with van der Waals surface area (Å²) in [6.45, 7) is 0. The molecular weight excluding hydrogens is 380 g/mol. The molecule has 25 heavy (non-hydrogen) atoms. The van der Waals surface area contributed by atoms with Crippen LogP contribution in [0.3, 0.4) is 0 Å². The number of hydrogen-bond acceptors (Lipinski definition) is 7. The molecule has 124 valence electrons. The van der Waals surface area contributed by atoms with Crippen LogP contribution in [0.2, 0.25) is 5.15 Å². The Balaban J connectivity index is 1.60. The highest BCUT2D eigenvalue weighted by Gasteiger charge is 2.25. The third kappa shape index (κ3) is 3.48. The number of halogens is 1. The number of hydrogen-bond donors (Lipinski definition) is 0. The van der Waals surface area contributed by atoms with E-state index in [-0.39, 0.29) is 10.9 Å². The summed E-state index contributed by atoms with van der Waals surface area (Å²) in [5.74, 6) is 0.441. The maximum atomic E-state index is 12.0. The molecule has 5 nitrogen and oxygen atoms in total. The molecular formula is C17H9ClN2O3S2. The van der Waals surface area contributed by atoms with Crippen molar-refractivity contribution >= 4 is 52.2 Å². The molecule has 8 heteroatoms. The second-order valence-corrected chi connectivity index (χ2v) is 7.16. The summed E-state index contributed by atoms with van der Waals surface area (Å²) >= 11 is 8.82. The first-order chi connectivity index (χ1) is 12.2. The van der Waals surface area contributed by atoms with Gasteiger partial charge in [-0.1, -0.05) is 47.2 Å². The second kappa shape index (κ2) is 6.79. The Morgan fingerprint density at radius 3 is 2.76 bits per heavy atom. The number of rotatable bonds is 4. The van der Waals surface area contributed by atoms with Crippen molar-refractivity contribution in [3.05, 3.63) is 68.4 Å². The fraction of sp³-hybridized carbons (Fsp3) is 0. The lowest BCUT2D eigenvalue weighted by Crippen LogP contribution is -2.03. The van der Waals surface area contributed by atoms with Crippen LogP contribution < -0.4 is 4.74 Å². The monoisotopic (exact) mass is 388 g/mol. The van der Waals surface area contributed by atoms with Crippen LogP contribution in [0.25, 0.3) is 6.08 Å². The van der Waals surface area contributed by atoms with Gasteiger partial charge < -0.3 is 9.47 Å². The van der Waals surface area contributed by atoms with Crippen molar-refractivity contribution in [1.82, 2.24) is 4.98 Å². The predicted molar refractivity (Wildman–Crippen MR) is 98.6 cm³/mol. The first-order valence-electron chi connectivity index (χ1n) is 7.15. The Morgan fingerprint density at radius 2 is 2.00 bits per heavy atom. The Kier molecular flexibility index (Phi) is 4.35. The van der Waals surface area contributed by atoms with E-state index in [1.165, 1.54) is 22.7 Å². The quantitative estimate of drug-likeness (QED) is 0.466. The van der Waals surface area contributed by atoms with Crippen LogP contribution in [0.4, 0.5) is 0 Å². The first kappa shape index (κ1) is 16.0.